The van der Waals surface area contributed by atoms with Gasteiger partial charge in [0.05, 0.1) is 11.4 Å². The molecule has 3 aromatic carbocycles. The van der Waals surface area contributed by atoms with Crippen molar-refractivity contribution in [3.63, 3.8) is 0 Å². The van der Waals surface area contributed by atoms with Gasteiger partial charge in [-0.25, -0.2) is 19.6 Å². The number of benzene rings is 3. The van der Waals surface area contributed by atoms with Gasteiger partial charge in [0.2, 0.25) is 0 Å². The maximum Gasteiger partial charge on any atom is 0.333 e. The number of nitrogens with one attached hydrogen (secondary N) is 2. The minimum absolute atomic E-state index is 0.0301. The molecule has 2 N–H and O–H groups in total. The number of nitrogens with zero attached hydrogens (tertiary/aromatic N) is 6. The Morgan fingerprint density at radius 3 is 1.08 bits per heavy atom. The molecular weight excluding hydrogens is 616 g/mol. The smallest absolute Gasteiger partial charge is 0.333 e. The maximum atomic E-state index is 13.5. The molecule has 2 fully saturated rings. The Labute approximate surface area is 273 Å². The van der Waals surface area contributed by atoms with Crippen molar-refractivity contribution in [1.82, 2.24) is 19.6 Å². The van der Waals surface area contributed by atoms with Gasteiger partial charge in [0.1, 0.15) is 22.8 Å². The lowest BCUT2D eigenvalue weighted by molar-refractivity contribution is -0.136. The first-order chi connectivity index (χ1) is 23.0. The monoisotopic (exact) mass is 642 g/mol. The number of carbonyl (C=O) groups excluding carboxylic acids is 6. The lowest BCUT2D eigenvalue weighted by atomic mass is 9.93. The summed E-state index contributed by atoms with van der Waals surface area (Å²) in [4.78, 5) is 91.8. The van der Waals surface area contributed by atoms with Gasteiger partial charge in [-0.15, -0.1) is 0 Å². The number of likely N-dealkylation sites (N-methyl/N-ethyl adjacent to an activating group) is 4. The van der Waals surface area contributed by atoms with Crippen LogP contribution >= 0.6 is 0 Å². The number of hydrogen-bond acceptors (Lipinski definition) is 10. The van der Waals surface area contributed by atoms with Gasteiger partial charge in [0.15, 0.2) is 0 Å². The van der Waals surface area contributed by atoms with Crippen molar-refractivity contribution in [1.29, 1.82) is 0 Å². The fraction of sp³-hybridized carbons (Fsp3) is 0.118. The molecule has 0 radical (unpaired) electrons. The molecule has 48 heavy (non-hydrogen) atoms. The second-order valence-corrected chi connectivity index (χ2v) is 11.3. The van der Waals surface area contributed by atoms with Crippen molar-refractivity contribution < 1.29 is 28.8 Å². The minimum atomic E-state index is -0.817. The topological polar surface area (TPSA) is 164 Å². The molecule has 238 valence electrons. The summed E-state index contributed by atoms with van der Waals surface area (Å²) in [6, 6.07) is 20.0. The minimum Gasteiger partial charge on any atom is -0.340 e. The number of urea groups is 2. The molecule has 4 aliphatic rings. The number of hydrogen-bond donors (Lipinski definition) is 2. The summed E-state index contributed by atoms with van der Waals surface area (Å²) in [6.45, 7) is 0. The molecule has 4 aliphatic heterocycles. The number of amidine groups is 2. The van der Waals surface area contributed by atoms with E-state index in [1.54, 1.807) is 36.4 Å². The molecule has 14 nitrogen and oxygen atoms in total. The molecule has 14 heteroatoms. The van der Waals surface area contributed by atoms with Crippen molar-refractivity contribution in [3.8, 4) is 0 Å². The fourth-order valence-corrected chi connectivity index (χ4v) is 5.79. The van der Waals surface area contributed by atoms with E-state index in [0.29, 0.717) is 33.6 Å². The van der Waals surface area contributed by atoms with Crippen LogP contribution in [-0.4, -0.2) is 95.2 Å². The average molecular weight is 643 g/mol. The lowest BCUT2D eigenvalue weighted by Crippen LogP contribution is -2.53. The van der Waals surface area contributed by atoms with E-state index in [4.69, 9.17) is 9.98 Å². The predicted octanol–water partition coefficient (Wildman–Crippen LogP) is 2.95. The highest BCUT2D eigenvalue weighted by atomic mass is 16.2. The van der Waals surface area contributed by atoms with Crippen LogP contribution < -0.4 is 10.6 Å². The van der Waals surface area contributed by atoms with Crippen LogP contribution in [0.2, 0.25) is 0 Å². The van der Waals surface area contributed by atoms with E-state index >= 15 is 0 Å². The molecular formula is C34H26N8O6. The van der Waals surface area contributed by atoms with Crippen molar-refractivity contribution >= 4 is 70.1 Å². The number of carbonyl (C=O) groups is 6. The Bertz CT molecular complexity index is 1950. The van der Waals surface area contributed by atoms with Gasteiger partial charge in [-0.2, -0.15) is 0 Å². The van der Waals surface area contributed by atoms with E-state index in [-0.39, 0.29) is 34.2 Å². The summed E-state index contributed by atoms with van der Waals surface area (Å²) in [5.74, 6) is -2.73. The molecule has 3 aromatic rings. The van der Waals surface area contributed by atoms with Gasteiger partial charge in [-0.1, -0.05) is 36.4 Å². The standard InChI is InChI=1S/C34H26N8O6/c1-39-29(43)23(30(44)40(2)33(39)47)25-19-15-22-20(16-21(19)27(37-25)35-17-11-7-5-8-12-17)26(38-28(22)36-18-13-9-6-10-14-18)24-31(45)41(3)34(48)42(4)32(24)46/h5-16H,1-4H3,(H,35,37)(H,36,38). The Kier molecular flexibility index (Phi) is 6.86. The first-order valence-electron chi connectivity index (χ1n) is 14.7. The average Bonchev–Trinajstić information content (AvgIpc) is 3.61. The summed E-state index contributed by atoms with van der Waals surface area (Å²) in [6.07, 6.45) is 0. The summed E-state index contributed by atoms with van der Waals surface area (Å²) in [5, 5.41) is 6.47. The molecule has 0 unspecified atom stereocenters. The highest BCUT2D eigenvalue weighted by Gasteiger charge is 2.44. The normalized spacial score (nSPS) is 17.8. The summed E-state index contributed by atoms with van der Waals surface area (Å²) < 4.78 is 0. The maximum absolute atomic E-state index is 13.5. The highest BCUT2D eigenvalue weighted by molar-refractivity contribution is 6.36. The third kappa shape index (κ3) is 4.49. The van der Waals surface area contributed by atoms with Gasteiger partial charge in [0.25, 0.3) is 23.6 Å². The third-order valence-electron chi connectivity index (χ3n) is 8.39. The van der Waals surface area contributed by atoms with Crippen LogP contribution in [0.5, 0.6) is 0 Å². The molecule has 0 spiro atoms. The second-order valence-electron chi connectivity index (χ2n) is 11.3. The van der Waals surface area contributed by atoms with Crippen molar-refractivity contribution in [2.75, 3.05) is 38.8 Å². The zero-order valence-electron chi connectivity index (χ0n) is 26.1. The summed E-state index contributed by atoms with van der Waals surface area (Å²) >= 11 is 0. The zero-order chi connectivity index (χ0) is 34.0. The zero-order valence-corrected chi connectivity index (χ0v) is 26.1. The van der Waals surface area contributed by atoms with Gasteiger partial charge in [0, 0.05) is 61.8 Å². The van der Waals surface area contributed by atoms with Crippen LogP contribution in [0.4, 0.5) is 21.0 Å². The first kappa shape index (κ1) is 30.0. The molecule has 0 bridgehead atoms. The van der Waals surface area contributed by atoms with Crippen molar-refractivity contribution in [3.05, 3.63) is 106 Å². The van der Waals surface area contributed by atoms with Crippen LogP contribution in [0, 0.1) is 0 Å². The number of rotatable bonds is 2. The van der Waals surface area contributed by atoms with Gasteiger partial charge < -0.3 is 10.6 Å². The molecule has 7 rings (SSSR count). The Balaban J connectivity index is 1.49. The van der Waals surface area contributed by atoms with E-state index in [1.807, 2.05) is 36.4 Å². The van der Waals surface area contributed by atoms with Gasteiger partial charge >= 0.3 is 12.1 Å². The Hall–Kier alpha value is -6.70. The molecule has 0 saturated carbocycles. The predicted molar refractivity (Wildman–Crippen MR) is 175 cm³/mol. The second kappa shape index (κ2) is 11.0. The van der Waals surface area contributed by atoms with E-state index in [0.717, 1.165) is 19.6 Å². The lowest BCUT2D eigenvalue weighted by Gasteiger charge is -2.29. The Morgan fingerprint density at radius 2 is 0.771 bits per heavy atom. The van der Waals surface area contributed by atoms with Crippen LogP contribution in [-0.2, 0) is 19.2 Å². The van der Waals surface area contributed by atoms with Crippen molar-refractivity contribution in [2.45, 2.75) is 0 Å². The summed E-state index contributed by atoms with van der Waals surface area (Å²) in [7, 11) is 5.13. The first-order valence-corrected chi connectivity index (χ1v) is 14.7. The van der Waals surface area contributed by atoms with Crippen LogP contribution in [0.15, 0.2) is 93.9 Å². The number of fused-ring (bicyclic) bond motifs is 2. The summed E-state index contributed by atoms with van der Waals surface area (Å²) in [5.41, 5.74) is 2.37. The van der Waals surface area contributed by atoms with Crippen LogP contribution in [0.25, 0.3) is 11.4 Å². The number of imide groups is 4. The number of anilines is 2. The molecule has 0 atom stereocenters. The molecule has 4 heterocycles. The highest BCUT2D eigenvalue weighted by Crippen LogP contribution is 2.41. The van der Waals surface area contributed by atoms with E-state index in [1.165, 1.54) is 28.2 Å². The number of amides is 8. The van der Waals surface area contributed by atoms with Gasteiger partial charge in [-0.05, 0) is 36.4 Å². The molecule has 0 aliphatic carbocycles. The van der Waals surface area contributed by atoms with E-state index < -0.39 is 35.7 Å². The van der Waals surface area contributed by atoms with E-state index in [9.17, 15) is 28.8 Å². The third-order valence-corrected chi connectivity index (χ3v) is 8.39. The van der Waals surface area contributed by atoms with Crippen molar-refractivity contribution in [2.24, 2.45) is 9.98 Å². The SMILES string of the molecule is CN1C(=O)C(=C2N=C(Nc3ccccc3)c3cc4c(cc32)C(Nc2ccccc2)=NC4=C2C(=O)N(C)C(=O)N(C)C2=O)C(=O)N(C)C1=O. The number of aliphatic imine (C=N–C) groups is 2. The Morgan fingerprint density at radius 1 is 0.458 bits per heavy atom. The number of para-hydroxylation sites is 2. The molecule has 8 amide bonds. The van der Waals surface area contributed by atoms with Crippen LogP contribution in [0.3, 0.4) is 0 Å². The van der Waals surface area contributed by atoms with Gasteiger partial charge in [-0.3, -0.25) is 38.8 Å². The molecule has 2 saturated heterocycles. The van der Waals surface area contributed by atoms with Crippen LogP contribution in [0.1, 0.15) is 22.3 Å². The molecule has 0 aromatic heterocycles. The largest absolute Gasteiger partial charge is 0.340 e. The number of barbiturate groups is 2. The fourth-order valence-electron chi connectivity index (χ4n) is 5.79. The van der Waals surface area contributed by atoms with E-state index in [2.05, 4.69) is 10.6 Å². The quantitative estimate of drug-likeness (QED) is 0.318.